The lowest BCUT2D eigenvalue weighted by molar-refractivity contribution is -0.120. The Balaban J connectivity index is 1.57. The van der Waals surface area contributed by atoms with Gasteiger partial charge in [0.25, 0.3) is 0 Å². The Morgan fingerprint density at radius 2 is 1.69 bits per heavy atom. The van der Waals surface area contributed by atoms with Crippen LogP contribution in [0, 0.1) is 0 Å². The smallest absolute Gasteiger partial charge is 0.246 e. The molecule has 0 aliphatic carbocycles. The van der Waals surface area contributed by atoms with E-state index in [0.717, 1.165) is 23.4 Å². The minimum Gasteiger partial charge on any atom is -0.495 e. The zero-order valence-corrected chi connectivity index (χ0v) is 17.4. The van der Waals surface area contributed by atoms with Gasteiger partial charge in [0.05, 0.1) is 45.5 Å². The van der Waals surface area contributed by atoms with E-state index in [0.29, 0.717) is 35.4 Å². The molecular formula is C22H23ClN2O4. The van der Waals surface area contributed by atoms with Crippen molar-refractivity contribution in [2.75, 3.05) is 39.3 Å². The maximum absolute atomic E-state index is 13.0. The average Bonchev–Trinajstić information content (AvgIpc) is 3.15. The van der Waals surface area contributed by atoms with Crippen LogP contribution < -0.4 is 19.1 Å². The van der Waals surface area contributed by atoms with E-state index in [1.807, 2.05) is 24.3 Å². The molecule has 0 radical (unpaired) electrons. The molecule has 1 fully saturated rings. The Morgan fingerprint density at radius 3 is 2.41 bits per heavy atom. The van der Waals surface area contributed by atoms with Crippen molar-refractivity contribution >= 4 is 23.2 Å². The number of ether oxygens (including phenoxy) is 3. The van der Waals surface area contributed by atoms with Crippen LogP contribution in [0.1, 0.15) is 18.0 Å². The average molecular weight is 415 g/mol. The summed E-state index contributed by atoms with van der Waals surface area (Å²) in [6, 6.07) is 11.4. The molecule has 2 heterocycles. The van der Waals surface area contributed by atoms with Crippen molar-refractivity contribution in [3.05, 3.63) is 58.8 Å². The number of nitrogens with zero attached hydrogens (tertiary/aromatic N) is 2. The summed E-state index contributed by atoms with van der Waals surface area (Å²) >= 11 is 6.13. The van der Waals surface area contributed by atoms with Gasteiger partial charge in [0.2, 0.25) is 5.91 Å². The molecule has 0 spiro atoms. The normalized spacial score (nSPS) is 18.4. The minimum atomic E-state index is 0.0407. The Morgan fingerprint density at radius 1 is 0.931 bits per heavy atom. The van der Waals surface area contributed by atoms with Crippen molar-refractivity contribution < 1.29 is 19.0 Å². The van der Waals surface area contributed by atoms with Gasteiger partial charge in [-0.15, -0.1) is 0 Å². The van der Waals surface area contributed by atoms with E-state index in [1.54, 1.807) is 38.4 Å². The number of fused-ring (bicyclic) bond motifs is 1. The van der Waals surface area contributed by atoms with E-state index < -0.39 is 0 Å². The molecule has 7 heteroatoms. The number of carbonyl (C=O) groups excluding carboxylic acids is 1. The summed E-state index contributed by atoms with van der Waals surface area (Å²) in [6.45, 7) is 0.837. The summed E-state index contributed by atoms with van der Waals surface area (Å²) < 4.78 is 16.1. The molecule has 0 saturated carbocycles. The number of rotatable bonds is 5. The van der Waals surface area contributed by atoms with Gasteiger partial charge in [-0.05, 0) is 36.2 Å². The Bertz CT molecular complexity index is 975. The molecule has 1 saturated heterocycles. The van der Waals surface area contributed by atoms with Crippen LogP contribution in [0.5, 0.6) is 17.2 Å². The van der Waals surface area contributed by atoms with Crippen LogP contribution in [-0.4, -0.2) is 45.2 Å². The fraction of sp³-hybridized carbons (Fsp3) is 0.318. The van der Waals surface area contributed by atoms with Crippen LogP contribution in [0.15, 0.2) is 48.2 Å². The monoisotopic (exact) mass is 414 g/mol. The van der Waals surface area contributed by atoms with Crippen LogP contribution in [-0.2, 0) is 4.79 Å². The third-order valence-corrected chi connectivity index (χ3v) is 5.80. The van der Waals surface area contributed by atoms with Gasteiger partial charge in [-0.25, -0.2) is 0 Å². The first-order chi connectivity index (χ1) is 14.0. The van der Waals surface area contributed by atoms with Crippen molar-refractivity contribution in [1.29, 1.82) is 0 Å². The number of methoxy groups -OCH3 is 3. The molecule has 0 N–H and O–H groups in total. The molecule has 2 aromatic rings. The number of piperazine rings is 1. The fourth-order valence-electron chi connectivity index (χ4n) is 3.97. The zero-order chi connectivity index (χ0) is 20.5. The number of hydrogen-bond acceptors (Lipinski definition) is 5. The van der Waals surface area contributed by atoms with Crippen LogP contribution in [0.25, 0.3) is 0 Å². The molecule has 1 amide bonds. The molecule has 0 aromatic heterocycles. The highest BCUT2D eigenvalue weighted by atomic mass is 35.5. The molecule has 2 aliphatic rings. The van der Waals surface area contributed by atoms with E-state index in [4.69, 9.17) is 25.8 Å². The summed E-state index contributed by atoms with van der Waals surface area (Å²) in [4.78, 5) is 16.9. The van der Waals surface area contributed by atoms with E-state index in [9.17, 15) is 4.79 Å². The summed E-state index contributed by atoms with van der Waals surface area (Å²) in [6.07, 6.45) is 3.05. The quantitative estimate of drug-likeness (QED) is 0.739. The van der Waals surface area contributed by atoms with Gasteiger partial charge in [0, 0.05) is 17.5 Å². The Kier molecular flexibility index (Phi) is 5.28. The maximum Gasteiger partial charge on any atom is 0.246 e. The van der Waals surface area contributed by atoms with Crippen molar-refractivity contribution in [3.8, 4) is 17.2 Å². The topological polar surface area (TPSA) is 51.2 Å². The van der Waals surface area contributed by atoms with Gasteiger partial charge in [-0.1, -0.05) is 23.7 Å². The molecular weight excluding hydrogens is 392 g/mol. The van der Waals surface area contributed by atoms with Crippen LogP contribution in [0.2, 0.25) is 5.02 Å². The fourth-order valence-corrected chi connectivity index (χ4v) is 4.16. The minimum absolute atomic E-state index is 0.0407. The van der Waals surface area contributed by atoms with E-state index in [1.165, 1.54) is 0 Å². The first-order valence-electron chi connectivity index (χ1n) is 9.37. The lowest BCUT2D eigenvalue weighted by Gasteiger charge is -2.38. The number of anilines is 1. The third-order valence-electron chi connectivity index (χ3n) is 5.49. The highest BCUT2D eigenvalue weighted by Crippen LogP contribution is 2.41. The van der Waals surface area contributed by atoms with Gasteiger partial charge < -0.3 is 24.0 Å². The predicted molar refractivity (Wildman–Crippen MR) is 112 cm³/mol. The van der Waals surface area contributed by atoms with Crippen LogP contribution in [0.4, 0.5) is 5.69 Å². The van der Waals surface area contributed by atoms with Crippen molar-refractivity contribution in [2.24, 2.45) is 0 Å². The predicted octanol–water partition coefficient (Wildman–Crippen LogP) is 4.04. The third kappa shape index (κ3) is 3.49. The first kappa shape index (κ1) is 19.5. The maximum atomic E-state index is 13.0. The lowest BCUT2D eigenvalue weighted by atomic mass is 10.0. The lowest BCUT2D eigenvalue weighted by Crippen LogP contribution is -2.48. The molecule has 4 rings (SSSR count). The zero-order valence-electron chi connectivity index (χ0n) is 16.6. The summed E-state index contributed by atoms with van der Waals surface area (Å²) in [5, 5.41) is 0.524. The summed E-state index contributed by atoms with van der Waals surface area (Å²) in [5.41, 5.74) is 3.02. The molecule has 152 valence electrons. The molecule has 0 bridgehead atoms. The van der Waals surface area contributed by atoms with Gasteiger partial charge in [-0.2, -0.15) is 0 Å². The van der Waals surface area contributed by atoms with Crippen LogP contribution >= 0.6 is 11.6 Å². The highest BCUT2D eigenvalue weighted by Gasteiger charge is 2.36. The van der Waals surface area contributed by atoms with Gasteiger partial charge in [0.1, 0.15) is 5.75 Å². The number of amides is 1. The molecule has 1 atom stereocenters. The van der Waals surface area contributed by atoms with Crippen molar-refractivity contribution in [1.82, 2.24) is 4.90 Å². The van der Waals surface area contributed by atoms with Gasteiger partial charge in [-0.3, -0.25) is 4.79 Å². The molecule has 1 unspecified atom stereocenters. The number of halogens is 1. The van der Waals surface area contributed by atoms with Crippen LogP contribution in [0.3, 0.4) is 0 Å². The Labute approximate surface area is 175 Å². The molecule has 29 heavy (non-hydrogen) atoms. The number of hydrogen-bond donors (Lipinski definition) is 0. The van der Waals surface area contributed by atoms with Crippen molar-refractivity contribution in [3.63, 3.8) is 0 Å². The summed E-state index contributed by atoms with van der Waals surface area (Å²) in [7, 11) is 4.82. The second-order valence-electron chi connectivity index (χ2n) is 6.99. The summed E-state index contributed by atoms with van der Waals surface area (Å²) in [5.74, 6) is 1.98. The highest BCUT2D eigenvalue weighted by molar-refractivity contribution is 6.32. The first-order valence-corrected chi connectivity index (χ1v) is 9.75. The Hall–Kier alpha value is -2.86. The van der Waals surface area contributed by atoms with Crippen molar-refractivity contribution in [2.45, 2.75) is 12.5 Å². The number of carbonyl (C=O) groups is 1. The molecule has 2 aliphatic heterocycles. The van der Waals surface area contributed by atoms with Gasteiger partial charge >= 0.3 is 0 Å². The van der Waals surface area contributed by atoms with E-state index in [2.05, 4.69) is 11.0 Å². The molecule has 2 aromatic carbocycles. The largest absolute Gasteiger partial charge is 0.495 e. The van der Waals surface area contributed by atoms with E-state index >= 15 is 0 Å². The SMILES string of the molecule is COc1cc(N2CC3=CCC(c4ccc(OC)c(OC)c4)N3CC2=O)ccc1Cl. The standard InChI is InChI=1S/C22H23ClN2O4/c1-27-19-9-4-14(10-21(19)29-3)18-8-6-16-12-25(22(26)13-24(16)18)15-5-7-17(23)20(11-15)28-2/h4-7,9-11,18H,8,12-13H2,1-3H3. The second-order valence-corrected chi connectivity index (χ2v) is 7.40. The second kappa shape index (κ2) is 7.87. The number of benzene rings is 2. The molecule has 6 nitrogen and oxygen atoms in total. The van der Waals surface area contributed by atoms with E-state index in [-0.39, 0.29) is 11.9 Å². The van der Waals surface area contributed by atoms with Gasteiger partial charge in [0.15, 0.2) is 11.5 Å².